The van der Waals surface area contributed by atoms with Gasteiger partial charge in [0.15, 0.2) is 0 Å². The van der Waals surface area contributed by atoms with Crippen molar-refractivity contribution in [2.75, 3.05) is 6.54 Å². The fraction of sp³-hybridized carbons (Fsp3) is 0.190. The van der Waals surface area contributed by atoms with Crippen molar-refractivity contribution < 1.29 is 27.5 Å². The van der Waals surface area contributed by atoms with Crippen LogP contribution in [-0.2, 0) is 19.6 Å². The van der Waals surface area contributed by atoms with Crippen molar-refractivity contribution in [3.63, 3.8) is 0 Å². The van der Waals surface area contributed by atoms with Gasteiger partial charge in [0.2, 0.25) is 10.0 Å². The number of primary sulfonamides is 1. The molecule has 1 atom stereocenters. The first-order valence-corrected chi connectivity index (χ1v) is 10.7. The minimum absolute atomic E-state index is 0.0365. The van der Waals surface area contributed by atoms with Crippen LogP contribution in [0.3, 0.4) is 0 Å². The Bertz CT molecular complexity index is 1260. The first-order chi connectivity index (χ1) is 14.5. The molecular formula is C21H19N3O6S. The molecule has 3 rings (SSSR count). The first-order valence-electron chi connectivity index (χ1n) is 9.13. The molecule has 2 aromatic rings. The minimum atomic E-state index is -3.81. The second-order valence-electron chi connectivity index (χ2n) is 7.01. The Balaban J connectivity index is 1.98. The van der Waals surface area contributed by atoms with Gasteiger partial charge < -0.3 is 9.52 Å². The molecule has 9 nitrogen and oxygen atoms in total. The Morgan fingerprint density at radius 2 is 1.84 bits per heavy atom. The molecule has 0 saturated heterocycles. The summed E-state index contributed by atoms with van der Waals surface area (Å²) in [5.74, 6) is -0.692. The Labute approximate surface area is 178 Å². The largest absolute Gasteiger partial charge is 0.457 e. The normalized spacial score (nSPS) is 17.3. The van der Waals surface area contributed by atoms with E-state index in [1.807, 2.05) is 6.07 Å². The average Bonchev–Trinajstić information content (AvgIpc) is 3.17. The molecule has 10 heteroatoms. The van der Waals surface area contributed by atoms with E-state index in [2.05, 4.69) is 0 Å². The Kier molecular flexibility index (Phi) is 5.94. The summed E-state index contributed by atoms with van der Waals surface area (Å²) in [4.78, 5) is 26.0. The molecular weight excluding hydrogens is 422 g/mol. The number of hydrogen-bond donors (Lipinski definition) is 2. The van der Waals surface area contributed by atoms with Crippen LogP contribution in [0.4, 0.5) is 0 Å². The molecule has 0 saturated carbocycles. The number of furan rings is 1. The van der Waals surface area contributed by atoms with E-state index in [4.69, 9.17) is 9.56 Å². The van der Waals surface area contributed by atoms with Crippen molar-refractivity contribution in [2.45, 2.75) is 24.8 Å². The number of hydrogen-bond acceptors (Lipinski definition) is 7. The Morgan fingerprint density at radius 3 is 2.39 bits per heavy atom. The zero-order valence-corrected chi connectivity index (χ0v) is 17.5. The van der Waals surface area contributed by atoms with Gasteiger partial charge in [0, 0.05) is 11.1 Å². The quantitative estimate of drug-likeness (QED) is 0.527. The summed E-state index contributed by atoms with van der Waals surface area (Å²) in [5.41, 5.74) is 0.719. The zero-order valence-electron chi connectivity index (χ0n) is 16.7. The molecule has 1 aromatic carbocycles. The molecule has 1 aliphatic heterocycles. The molecule has 0 radical (unpaired) electrons. The number of nitriles is 1. The summed E-state index contributed by atoms with van der Waals surface area (Å²) in [7, 11) is -3.81. The van der Waals surface area contributed by atoms with Crippen molar-refractivity contribution in [3.05, 3.63) is 58.9 Å². The maximum atomic E-state index is 12.8. The predicted octanol–water partition coefficient (Wildman–Crippen LogP) is 1.57. The average molecular weight is 441 g/mol. The van der Waals surface area contributed by atoms with Crippen LogP contribution in [0, 0.1) is 11.3 Å². The SMILES string of the molecule is CC1=C(C#N)C(=O)N(CC(C)O)C(=O)/C1=C/c1ccc(-c2ccc(S(N)(=O)=O)cc2)o1. The van der Waals surface area contributed by atoms with Crippen molar-refractivity contribution >= 4 is 27.9 Å². The van der Waals surface area contributed by atoms with E-state index < -0.39 is 27.9 Å². The highest BCUT2D eigenvalue weighted by atomic mass is 32.2. The number of rotatable bonds is 5. The summed E-state index contributed by atoms with van der Waals surface area (Å²) in [6, 6.07) is 10.8. The highest BCUT2D eigenvalue weighted by Gasteiger charge is 2.36. The highest BCUT2D eigenvalue weighted by molar-refractivity contribution is 7.89. The van der Waals surface area contributed by atoms with Gasteiger partial charge in [-0.2, -0.15) is 5.26 Å². The van der Waals surface area contributed by atoms with Gasteiger partial charge in [0.05, 0.1) is 17.5 Å². The van der Waals surface area contributed by atoms with E-state index in [0.717, 1.165) is 4.90 Å². The number of sulfonamides is 1. The summed E-state index contributed by atoms with van der Waals surface area (Å²) >= 11 is 0. The number of amides is 2. The fourth-order valence-electron chi connectivity index (χ4n) is 3.10. The predicted molar refractivity (Wildman–Crippen MR) is 110 cm³/mol. The van der Waals surface area contributed by atoms with Gasteiger partial charge in [-0.05, 0) is 61.9 Å². The Morgan fingerprint density at radius 1 is 1.19 bits per heavy atom. The number of aliphatic hydroxyl groups excluding tert-OH is 1. The van der Waals surface area contributed by atoms with Crippen LogP contribution in [0.2, 0.25) is 0 Å². The first kappa shape index (κ1) is 22.2. The summed E-state index contributed by atoms with van der Waals surface area (Å²) in [6.07, 6.45) is 0.460. The van der Waals surface area contributed by atoms with Crippen LogP contribution < -0.4 is 5.14 Å². The number of nitrogens with two attached hydrogens (primary N) is 1. The van der Waals surface area contributed by atoms with Crippen LogP contribution >= 0.6 is 0 Å². The number of nitrogens with zero attached hydrogens (tertiary/aromatic N) is 2. The number of benzene rings is 1. The van der Waals surface area contributed by atoms with E-state index in [-0.39, 0.29) is 33.9 Å². The third-order valence-electron chi connectivity index (χ3n) is 4.65. The van der Waals surface area contributed by atoms with Gasteiger partial charge in [-0.3, -0.25) is 14.5 Å². The molecule has 1 unspecified atom stereocenters. The lowest BCUT2D eigenvalue weighted by Gasteiger charge is -2.28. The fourth-order valence-corrected chi connectivity index (χ4v) is 3.61. The van der Waals surface area contributed by atoms with E-state index >= 15 is 0 Å². The molecule has 160 valence electrons. The van der Waals surface area contributed by atoms with E-state index in [1.54, 1.807) is 12.1 Å². The second-order valence-corrected chi connectivity index (χ2v) is 8.57. The monoisotopic (exact) mass is 441 g/mol. The van der Waals surface area contributed by atoms with Crippen molar-refractivity contribution in [1.82, 2.24) is 4.90 Å². The number of β-amino-alcohol motifs (C(OH)–C–C–N with tert-alkyl or cyclic N) is 1. The van der Waals surface area contributed by atoms with Gasteiger partial charge in [-0.15, -0.1) is 0 Å². The number of imide groups is 1. The lowest BCUT2D eigenvalue weighted by Crippen LogP contribution is -2.45. The van der Waals surface area contributed by atoms with Gasteiger partial charge in [-0.25, -0.2) is 13.6 Å². The number of carbonyl (C=O) groups is 2. The Hall–Kier alpha value is -3.52. The maximum Gasteiger partial charge on any atom is 0.271 e. The number of carbonyl (C=O) groups excluding carboxylic acids is 2. The zero-order chi connectivity index (χ0) is 22.9. The van der Waals surface area contributed by atoms with Crippen LogP contribution in [0.1, 0.15) is 19.6 Å². The number of aliphatic hydroxyl groups is 1. The molecule has 31 heavy (non-hydrogen) atoms. The standard InChI is InChI=1S/C21H19N3O6S/c1-12(25)11-24-20(26)17(13(2)18(10-22)21(24)27)9-15-5-8-19(30-15)14-3-6-16(7-4-14)31(23,28)29/h3-9,12,25H,11H2,1-2H3,(H2,23,28,29)/b17-9+. The molecule has 1 aliphatic rings. The van der Waals surface area contributed by atoms with Crippen molar-refractivity contribution in [3.8, 4) is 17.4 Å². The van der Waals surface area contributed by atoms with E-state index in [9.17, 15) is 28.4 Å². The van der Waals surface area contributed by atoms with Crippen LogP contribution in [0.25, 0.3) is 17.4 Å². The van der Waals surface area contributed by atoms with Crippen LogP contribution in [0.15, 0.2) is 62.4 Å². The molecule has 2 amide bonds. The van der Waals surface area contributed by atoms with E-state index in [1.165, 1.54) is 44.2 Å². The van der Waals surface area contributed by atoms with Gasteiger partial charge in [0.1, 0.15) is 23.2 Å². The van der Waals surface area contributed by atoms with Crippen molar-refractivity contribution in [2.24, 2.45) is 5.14 Å². The maximum absolute atomic E-state index is 12.8. The molecule has 0 fully saturated rings. The summed E-state index contributed by atoms with van der Waals surface area (Å²) < 4.78 is 28.5. The minimum Gasteiger partial charge on any atom is -0.457 e. The second kappa shape index (κ2) is 8.31. The van der Waals surface area contributed by atoms with E-state index in [0.29, 0.717) is 11.3 Å². The molecule has 1 aromatic heterocycles. The summed E-state index contributed by atoms with van der Waals surface area (Å²) in [6.45, 7) is 2.68. The molecule has 0 spiro atoms. The highest BCUT2D eigenvalue weighted by Crippen LogP contribution is 2.29. The smallest absolute Gasteiger partial charge is 0.271 e. The van der Waals surface area contributed by atoms with Gasteiger partial charge in [-0.1, -0.05) is 0 Å². The molecule has 0 bridgehead atoms. The lowest BCUT2D eigenvalue weighted by atomic mass is 9.94. The third-order valence-corrected chi connectivity index (χ3v) is 5.58. The molecule has 2 heterocycles. The van der Waals surface area contributed by atoms with Crippen LogP contribution in [0.5, 0.6) is 0 Å². The molecule has 3 N–H and O–H groups in total. The molecule has 0 aliphatic carbocycles. The van der Waals surface area contributed by atoms with Crippen molar-refractivity contribution in [1.29, 1.82) is 5.26 Å². The van der Waals surface area contributed by atoms with Gasteiger partial charge in [0.25, 0.3) is 11.8 Å². The third kappa shape index (κ3) is 4.49. The topological polar surface area (TPSA) is 155 Å². The summed E-state index contributed by atoms with van der Waals surface area (Å²) in [5, 5.41) is 24.1. The van der Waals surface area contributed by atoms with Gasteiger partial charge >= 0.3 is 0 Å². The lowest BCUT2D eigenvalue weighted by molar-refractivity contribution is -0.141. The van der Waals surface area contributed by atoms with Crippen LogP contribution in [-0.4, -0.2) is 42.9 Å².